The third-order valence-corrected chi connectivity index (χ3v) is 6.70. The van der Waals surface area contributed by atoms with Gasteiger partial charge in [-0.15, -0.1) is 0 Å². The van der Waals surface area contributed by atoms with Crippen LogP contribution < -0.4 is 19.3 Å². The molecule has 0 spiro atoms. The lowest BCUT2D eigenvalue weighted by Crippen LogP contribution is -2.34. The molecule has 0 aliphatic rings. The molecule has 0 radical (unpaired) electrons. The molecule has 6 nitrogen and oxygen atoms in total. The van der Waals surface area contributed by atoms with Gasteiger partial charge >= 0.3 is 5.97 Å². The number of hydrogen-bond acceptors (Lipinski definition) is 4. The highest BCUT2D eigenvalue weighted by Gasteiger charge is 2.13. The van der Waals surface area contributed by atoms with Crippen molar-refractivity contribution in [2.45, 2.75) is 44.9 Å². The normalized spacial score (nSPS) is 11.2. The van der Waals surface area contributed by atoms with Gasteiger partial charge in [-0.1, -0.05) is 61.5 Å². The van der Waals surface area contributed by atoms with Gasteiger partial charge in [0.15, 0.2) is 0 Å². The molecular weight excluding hydrogens is 512 g/mol. The standard InChI is InChI=1S/C32H39ClN2O4/c1-35(2,3)26-16-14-25(15-17-26)24-31(36)34-22-10-6-4-5-7-11-23-38-27-18-20-28(21-19-27)39-32(37)29-12-8-9-13-30(29)33/h8-9,12-21H,4-7,10-11,22-24H2,1-3H3/p+1. The number of halogens is 1. The summed E-state index contributed by atoms with van der Waals surface area (Å²) in [5.74, 6) is 0.778. The molecule has 1 amide bonds. The predicted octanol–water partition coefficient (Wildman–Crippen LogP) is 6.83. The summed E-state index contributed by atoms with van der Waals surface area (Å²) in [6.45, 7) is 1.37. The molecule has 0 bridgehead atoms. The average molecular weight is 552 g/mol. The van der Waals surface area contributed by atoms with Crippen molar-refractivity contribution in [2.75, 3.05) is 34.3 Å². The summed E-state index contributed by atoms with van der Waals surface area (Å²) in [6.07, 6.45) is 6.90. The molecule has 39 heavy (non-hydrogen) atoms. The third-order valence-electron chi connectivity index (χ3n) is 6.37. The van der Waals surface area contributed by atoms with Crippen LogP contribution in [-0.2, 0) is 11.2 Å². The van der Waals surface area contributed by atoms with Crippen LogP contribution in [0.3, 0.4) is 0 Å². The minimum absolute atomic E-state index is 0.0805. The molecule has 1 N–H and O–H groups in total. The Bertz CT molecular complexity index is 1190. The summed E-state index contributed by atoms with van der Waals surface area (Å²) < 4.78 is 12.0. The van der Waals surface area contributed by atoms with E-state index in [9.17, 15) is 9.59 Å². The molecule has 0 aliphatic heterocycles. The van der Waals surface area contributed by atoms with Gasteiger partial charge in [-0.3, -0.25) is 9.28 Å². The number of carbonyl (C=O) groups is 2. The Labute approximate surface area is 237 Å². The van der Waals surface area contributed by atoms with Gasteiger partial charge in [0.1, 0.15) is 17.2 Å². The largest absolute Gasteiger partial charge is 0.494 e. The van der Waals surface area contributed by atoms with Crippen LogP contribution in [-0.4, -0.2) is 46.2 Å². The van der Waals surface area contributed by atoms with E-state index >= 15 is 0 Å². The Morgan fingerprint density at radius 3 is 2.05 bits per heavy atom. The summed E-state index contributed by atoms with van der Waals surface area (Å²) in [5, 5.41) is 3.40. The van der Waals surface area contributed by atoms with E-state index in [0.29, 0.717) is 29.4 Å². The van der Waals surface area contributed by atoms with Crippen molar-refractivity contribution in [3.8, 4) is 11.5 Å². The van der Waals surface area contributed by atoms with Gasteiger partial charge in [0.25, 0.3) is 0 Å². The van der Waals surface area contributed by atoms with E-state index in [4.69, 9.17) is 21.1 Å². The minimum atomic E-state index is -0.488. The Kier molecular flexibility index (Phi) is 11.8. The van der Waals surface area contributed by atoms with Crippen LogP contribution in [0.25, 0.3) is 0 Å². The number of quaternary nitrogens is 1. The number of rotatable bonds is 15. The second-order valence-corrected chi connectivity index (χ2v) is 10.9. The Balaban J connectivity index is 1.19. The number of ether oxygens (including phenoxy) is 2. The number of nitrogens with zero attached hydrogens (tertiary/aromatic N) is 1. The smallest absolute Gasteiger partial charge is 0.345 e. The first-order valence-corrected chi connectivity index (χ1v) is 14.0. The SMILES string of the molecule is C[N+](C)(C)c1ccc(CC(=O)NCCCCCCCCOc2ccc(OC(=O)c3ccccc3Cl)cc2)cc1. The molecule has 0 unspecified atom stereocenters. The Morgan fingerprint density at radius 2 is 1.38 bits per heavy atom. The van der Waals surface area contributed by atoms with E-state index in [-0.39, 0.29) is 5.91 Å². The monoisotopic (exact) mass is 551 g/mol. The number of carbonyl (C=O) groups excluding carboxylic acids is 2. The summed E-state index contributed by atoms with van der Waals surface area (Å²) in [5.41, 5.74) is 2.59. The van der Waals surface area contributed by atoms with Gasteiger partial charge in [-0.2, -0.15) is 0 Å². The molecule has 208 valence electrons. The first-order valence-electron chi connectivity index (χ1n) is 13.6. The van der Waals surface area contributed by atoms with E-state index in [1.165, 1.54) is 5.69 Å². The van der Waals surface area contributed by atoms with Crippen LogP contribution >= 0.6 is 11.6 Å². The predicted molar refractivity (Wildman–Crippen MR) is 159 cm³/mol. The van der Waals surface area contributed by atoms with Crippen LogP contribution in [0.5, 0.6) is 11.5 Å². The zero-order valence-corrected chi connectivity index (χ0v) is 24.0. The molecule has 7 heteroatoms. The zero-order valence-electron chi connectivity index (χ0n) is 23.3. The summed E-state index contributed by atoms with van der Waals surface area (Å²) in [4.78, 5) is 24.4. The Morgan fingerprint density at radius 1 is 0.769 bits per heavy atom. The van der Waals surface area contributed by atoms with E-state index < -0.39 is 5.97 Å². The van der Waals surface area contributed by atoms with E-state index in [1.807, 2.05) is 12.1 Å². The lowest BCUT2D eigenvalue weighted by Gasteiger charge is -2.23. The highest BCUT2D eigenvalue weighted by Crippen LogP contribution is 2.22. The minimum Gasteiger partial charge on any atom is -0.494 e. The van der Waals surface area contributed by atoms with Crippen molar-refractivity contribution in [3.05, 3.63) is 88.9 Å². The fourth-order valence-corrected chi connectivity index (χ4v) is 4.27. The summed E-state index contributed by atoms with van der Waals surface area (Å²) in [7, 11) is 6.38. The molecule has 0 saturated carbocycles. The Hall–Kier alpha value is -3.35. The average Bonchev–Trinajstić information content (AvgIpc) is 2.90. The van der Waals surface area contributed by atoms with E-state index in [1.54, 1.807) is 48.5 Å². The molecule has 0 aliphatic carbocycles. The van der Waals surface area contributed by atoms with Gasteiger partial charge in [0.05, 0.1) is 44.8 Å². The van der Waals surface area contributed by atoms with Crippen LogP contribution in [0.1, 0.15) is 54.4 Å². The van der Waals surface area contributed by atoms with Gasteiger partial charge in [-0.25, -0.2) is 4.79 Å². The molecule has 0 saturated heterocycles. The van der Waals surface area contributed by atoms with Crippen molar-refractivity contribution >= 4 is 29.2 Å². The number of unbranched alkanes of at least 4 members (excludes halogenated alkanes) is 5. The molecule has 0 atom stereocenters. The third kappa shape index (κ3) is 10.7. The number of esters is 1. The molecule has 0 fully saturated rings. The van der Waals surface area contributed by atoms with Gasteiger partial charge in [0.2, 0.25) is 5.91 Å². The zero-order chi connectivity index (χ0) is 28.1. The second-order valence-electron chi connectivity index (χ2n) is 10.5. The maximum atomic E-state index is 12.3. The van der Waals surface area contributed by atoms with Crippen LogP contribution in [0.2, 0.25) is 5.02 Å². The molecular formula is C32H40ClN2O4+. The number of hydrogen-bond donors (Lipinski definition) is 1. The van der Waals surface area contributed by atoms with Crippen molar-refractivity contribution in [3.63, 3.8) is 0 Å². The lowest BCUT2D eigenvalue weighted by atomic mass is 10.1. The van der Waals surface area contributed by atoms with Crippen molar-refractivity contribution in [1.82, 2.24) is 9.80 Å². The topological polar surface area (TPSA) is 64.6 Å². The van der Waals surface area contributed by atoms with E-state index in [0.717, 1.165) is 60.9 Å². The molecule has 0 heterocycles. The van der Waals surface area contributed by atoms with Crippen LogP contribution in [0.4, 0.5) is 5.69 Å². The molecule has 3 rings (SSSR count). The fraction of sp³-hybridized carbons (Fsp3) is 0.375. The first kappa shape index (κ1) is 30.2. The summed E-state index contributed by atoms with van der Waals surface area (Å²) in [6, 6.07) is 22.1. The van der Waals surface area contributed by atoms with Crippen LogP contribution in [0.15, 0.2) is 72.8 Å². The maximum Gasteiger partial charge on any atom is 0.345 e. The number of amides is 1. The molecule has 3 aromatic rings. The fourth-order valence-electron chi connectivity index (χ4n) is 4.05. The van der Waals surface area contributed by atoms with Gasteiger partial charge in [-0.05, 0) is 66.9 Å². The highest BCUT2D eigenvalue weighted by molar-refractivity contribution is 6.33. The maximum absolute atomic E-state index is 12.3. The molecule has 3 aromatic carbocycles. The van der Waals surface area contributed by atoms with Gasteiger partial charge < -0.3 is 14.8 Å². The lowest BCUT2D eigenvalue weighted by molar-refractivity contribution is -0.120. The van der Waals surface area contributed by atoms with Crippen molar-refractivity contribution in [1.29, 1.82) is 0 Å². The highest BCUT2D eigenvalue weighted by atomic mass is 35.5. The molecule has 0 aromatic heterocycles. The first-order chi connectivity index (χ1) is 18.7. The van der Waals surface area contributed by atoms with E-state index in [2.05, 4.69) is 38.6 Å². The van der Waals surface area contributed by atoms with Crippen molar-refractivity contribution in [2.24, 2.45) is 0 Å². The number of nitrogens with one attached hydrogen (secondary N) is 1. The summed E-state index contributed by atoms with van der Waals surface area (Å²) >= 11 is 6.05. The van der Waals surface area contributed by atoms with Crippen molar-refractivity contribution < 1.29 is 19.1 Å². The number of benzene rings is 3. The van der Waals surface area contributed by atoms with Crippen LogP contribution in [0, 0.1) is 0 Å². The van der Waals surface area contributed by atoms with Gasteiger partial charge in [0, 0.05) is 6.54 Å². The quantitative estimate of drug-likeness (QED) is 0.0972. The second kappa shape index (κ2) is 15.3.